The number of hydrogen-bond donors (Lipinski definition) is 1. The fourth-order valence-corrected chi connectivity index (χ4v) is 4.76. The first kappa shape index (κ1) is 21.0. The van der Waals surface area contributed by atoms with Crippen molar-refractivity contribution in [3.8, 4) is 0 Å². The van der Waals surface area contributed by atoms with E-state index in [1.165, 1.54) is 43.0 Å². The van der Waals surface area contributed by atoms with Gasteiger partial charge in [0.1, 0.15) is 5.00 Å². The first-order valence-electron chi connectivity index (χ1n) is 9.59. The molecule has 2 aromatic heterocycles. The number of methoxy groups -OCH3 is 1. The van der Waals surface area contributed by atoms with Crippen LogP contribution in [-0.4, -0.2) is 36.0 Å². The van der Waals surface area contributed by atoms with E-state index < -0.39 is 23.9 Å². The number of esters is 2. The molecule has 8 heteroatoms. The largest absolute Gasteiger partial charge is 0.465 e. The number of amides is 1. The molecule has 0 spiro atoms. The number of aromatic nitrogens is 1. The van der Waals surface area contributed by atoms with E-state index in [1.807, 2.05) is 0 Å². The van der Waals surface area contributed by atoms with Crippen molar-refractivity contribution in [3.05, 3.63) is 46.1 Å². The van der Waals surface area contributed by atoms with Crippen LogP contribution >= 0.6 is 11.3 Å². The lowest BCUT2D eigenvalue weighted by molar-refractivity contribution is -0.124. The number of fused-ring (bicyclic) bond motifs is 1. The SMILES string of the molecule is CCC(OC(=O)c1ccncc1)C(=O)Nc1sc2c(c1C(=O)OC)CCC(C)C2. The molecule has 0 saturated carbocycles. The normalized spacial score (nSPS) is 16.4. The van der Waals surface area contributed by atoms with Gasteiger partial charge in [-0.3, -0.25) is 9.78 Å². The predicted octanol–water partition coefficient (Wildman–Crippen LogP) is 3.63. The van der Waals surface area contributed by atoms with E-state index in [1.54, 1.807) is 6.92 Å². The van der Waals surface area contributed by atoms with Crippen LogP contribution < -0.4 is 5.32 Å². The summed E-state index contributed by atoms with van der Waals surface area (Å²) in [5, 5.41) is 3.25. The quantitative estimate of drug-likeness (QED) is 0.723. The molecule has 1 aliphatic rings. The Hall–Kier alpha value is -2.74. The van der Waals surface area contributed by atoms with Crippen molar-refractivity contribution in [1.82, 2.24) is 4.98 Å². The molecular formula is C21H24N2O5S. The summed E-state index contributed by atoms with van der Waals surface area (Å²) >= 11 is 1.40. The molecule has 29 heavy (non-hydrogen) atoms. The zero-order valence-corrected chi connectivity index (χ0v) is 17.5. The molecule has 0 radical (unpaired) electrons. The van der Waals surface area contributed by atoms with Crippen LogP contribution in [0.5, 0.6) is 0 Å². The lowest BCUT2D eigenvalue weighted by Crippen LogP contribution is -2.32. The predicted molar refractivity (Wildman–Crippen MR) is 109 cm³/mol. The number of hydrogen-bond acceptors (Lipinski definition) is 7. The van der Waals surface area contributed by atoms with Gasteiger partial charge in [0.2, 0.25) is 0 Å². The lowest BCUT2D eigenvalue weighted by atomic mass is 9.88. The van der Waals surface area contributed by atoms with Gasteiger partial charge in [-0.05, 0) is 49.3 Å². The zero-order chi connectivity index (χ0) is 21.0. The van der Waals surface area contributed by atoms with E-state index in [9.17, 15) is 14.4 Å². The van der Waals surface area contributed by atoms with Crippen molar-refractivity contribution in [2.24, 2.45) is 5.92 Å². The van der Waals surface area contributed by atoms with E-state index in [-0.39, 0.29) is 0 Å². The molecule has 0 fully saturated rings. The second-order valence-electron chi connectivity index (χ2n) is 7.07. The number of thiophene rings is 1. The van der Waals surface area contributed by atoms with Crippen LogP contribution in [0.2, 0.25) is 0 Å². The third-order valence-electron chi connectivity index (χ3n) is 4.97. The molecule has 0 bridgehead atoms. The van der Waals surface area contributed by atoms with Gasteiger partial charge in [-0.2, -0.15) is 0 Å². The highest BCUT2D eigenvalue weighted by Gasteiger charge is 2.30. The molecule has 2 unspecified atom stereocenters. The monoisotopic (exact) mass is 416 g/mol. The number of nitrogens with zero attached hydrogens (tertiary/aromatic N) is 1. The lowest BCUT2D eigenvalue weighted by Gasteiger charge is -2.18. The van der Waals surface area contributed by atoms with Crippen LogP contribution in [0.1, 0.15) is 57.8 Å². The molecule has 0 aromatic carbocycles. The third kappa shape index (κ3) is 4.64. The van der Waals surface area contributed by atoms with E-state index in [4.69, 9.17) is 9.47 Å². The van der Waals surface area contributed by atoms with Crippen molar-refractivity contribution in [1.29, 1.82) is 0 Å². The molecule has 1 N–H and O–H groups in total. The molecule has 3 rings (SSSR count). The van der Waals surface area contributed by atoms with Gasteiger partial charge in [0.15, 0.2) is 6.10 Å². The Morgan fingerprint density at radius 3 is 2.66 bits per heavy atom. The molecule has 7 nitrogen and oxygen atoms in total. The van der Waals surface area contributed by atoms with Crippen LogP contribution in [0.15, 0.2) is 24.5 Å². The smallest absolute Gasteiger partial charge is 0.341 e. The van der Waals surface area contributed by atoms with Crippen molar-refractivity contribution in [2.75, 3.05) is 12.4 Å². The number of ether oxygens (including phenoxy) is 2. The Morgan fingerprint density at radius 1 is 1.28 bits per heavy atom. The fourth-order valence-electron chi connectivity index (χ4n) is 3.36. The maximum Gasteiger partial charge on any atom is 0.341 e. The average Bonchev–Trinajstić information content (AvgIpc) is 3.08. The van der Waals surface area contributed by atoms with Crippen LogP contribution in [0.3, 0.4) is 0 Å². The number of rotatable bonds is 6. The topological polar surface area (TPSA) is 94.6 Å². The second kappa shape index (κ2) is 9.17. The standard InChI is InChI=1S/C21H24N2O5S/c1-4-15(28-20(25)13-7-9-22-10-8-13)18(24)23-19-17(21(26)27-3)14-6-5-12(2)11-16(14)29-19/h7-10,12,15H,4-6,11H2,1-3H3,(H,23,24). The summed E-state index contributed by atoms with van der Waals surface area (Å²) < 4.78 is 10.3. The molecule has 154 valence electrons. The number of carbonyl (C=O) groups is 3. The number of pyridine rings is 1. The second-order valence-corrected chi connectivity index (χ2v) is 8.18. The first-order chi connectivity index (χ1) is 13.9. The van der Waals surface area contributed by atoms with Crippen molar-refractivity contribution in [2.45, 2.75) is 45.6 Å². The summed E-state index contributed by atoms with van der Waals surface area (Å²) in [6.45, 7) is 3.93. The fraction of sp³-hybridized carbons (Fsp3) is 0.429. The third-order valence-corrected chi connectivity index (χ3v) is 6.14. The molecule has 2 aromatic rings. The molecule has 0 saturated heterocycles. The molecule has 1 amide bonds. The molecule has 2 atom stereocenters. The summed E-state index contributed by atoms with van der Waals surface area (Å²) in [4.78, 5) is 42.4. The summed E-state index contributed by atoms with van der Waals surface area (Å²) in [7, 11) is 1.33. The van der Waals surface area contributed by atoms with Crippen LogP contribution in [0.25, 0.3) is 0 Å². The van der Waals surface area contributed by atoms with Gasteiger partial charge in [-0.15, -0.1) is 11.3 Å². The van der Waals surface area contributed by atoms with E-state index in [0.717, 1.165) is 29.7 Å². The molecular weight excluding hydrogens is 392 g/mol. The van der Waals surface area contributed by atoms with Gasteiger partial charge in [0, 0.05) is 17.3 Å². The highest BCUT2D eigenvalue weighted by atomic mass is 32.1. The Balaban J connectivity index is 1.80. The molecule has 0 aliphatic heterocycles. The minimum absolute atomic E-state index is 0.304. The van der Waals surface area contributed by atoms with Gasteiger partial charge in [-0.1, -0.05) is 13.8 Å². The number of nitrogens with one attached hydrogen (secondary N) is 1. The van der Waals surface area contributed by atoms with Crippen LogP contribution in [0.4, 0.5) is 5.00 Å². The van der Waals surface area contributed by atoms with Crippen LogP contribution in [-0.2, 0) is 27.1 Å². The first-order valence-corrected chi connectivity index (χ1v) is 10.4. The summed E-state index contributed by atoms with van der Waals surface area (Å²) in [5.41, 5.74) is 1.70. The Morgan fingerprint density at radius 2 is 2.00 bits per heavy atom. The Bertz CT molecular complexity index is 909. The van der Waals surface area contributed by atoms with Gasteiger partial charge in [0.25, 0.3) is 5.91 Å². The van der Waals surface area contributed by atoms with E-state index in [2.05, 4.69) is 17.2 Å². The van der Waals surface area contributed by atoms with Crippen LogP contribution in [0, 0.1) is 5.92 Å². The number of anilines is 1. The van der Waals surface area contributed by atoms with Gasteiger partial charge in [0.05, 0.1) is 18.2 Å². The maximum atomic E-state index is 12.8. The van der Waals surface area contributed by atoms with Gasteiger partial charge < -0.3 is 14.8 Å². The Kier molecular flexibility index (Phi) is 6.64. The summed E-state index contributed by atoms with van der Waals surface area (Å²) in [5.74, 6) is -0.998. The van der Waals surface area contributed by atoms with Gasteiger partial charge in [-0.25, -0.2) is 9.59 Å². The zero-order valence-electron chi connectivity index (χ0n) is 16.7. The van der Waals surface area contributed by atoms with Crippen molar-refractivity contribution < 1.29 is 23.9 Å². The van der Waals surface area contributed by atoms with Crippen molar-refractivity contribution in [3.63, 3.8) is 0 Å². The highest BCUT2D eigenvalue weighted by molar-refractivity contribution is 7.17. The van der Waals surface area contributed by atoms with E-state index in [0.29, 0.717) is 28.5 Å². The number of carbonyl (C=O) groups excluding carboxylic acids is 3. The minimum Gasteiger partial charge on any atom is -0.465 e. The average molecular weight is 416 g/mol. The maximum absolute atomic E-state index is 12.8. The van der Waals surface area contributed by atoms with Gasteiger partial charge >= 0.3 is 11.9 Å². The van der Waals surface area contributed by atoms with E-state index >= 15 is 0 Å². The van der Waals surface area contributed by atoms with Crippen molar-refractivity contribution >= 4 is 34.2 Å². The molecule has 2 heterocycles. The highest BCUT2D eigenvalue weighted by Crippen LogP contribution is 2.40. The molecule has 1 aliphatic carbocycles. The summed E-state index contributed by atoms with van der Waals surface area (Å²) in [6.07, 6.45) is 4.93. The minimum atomic E-state index is -0.973. The Labute approximate surface area is 173 Å². The summed E-state index contributed by atoms with van der Waals surface area (Å²) in [6, 6.07) is 3.05.